The fourth-order valence-corrected chi connectivity index (χ4v) is 3.30. The van der Waals surface area contributed by atoms with Crippen LogP contribution < -0.4 is 4.90 Å². The summed E-state index contributed by atoms with van der Waals surface area (Å²) in [7, 11) is 0. The van der Waals surface area contributed by atoms with Gasteiger partial charge in [-0.25, -0.2) is 0 Å². The van der Waals surface area contributed by atoms with Crippen LogP contribution in [0.1, 0.15) is 54.9 Å². The maximum Gasteiger partial charge on any atom is 0.211 e. The minimum absolute atomic E-state index is 0.0604. The van der Waals surface area contributed by atoms with Crippen molar-refractivity contribution >= 4 is 11.5 Å². The Hall–Kier alpha value is -2.69. The molecule has 0 N–H and O–H groups in total. The third-order valence-electron chi connectivity index (χ3n) is 4.61. The summed E-state index contributed by atoms with van der Waals surface area (Å²) in [5.41, 5.74) is 2.55. The summed E-state index contributed by atoms with van der Waals surface area (Å²) >= 11 is 0. The third kappa shape index (κ3) is 6.20. The topological polar surface area (TPSA) is 63.5 Å². The lowest BCUT2D eigenvalue weighted by Crippen LogP contribution is -2.24. The first kappa shape index (κ1) is 20.6. The van der Waals surface area contributed by atoms with Crippen LogP contribution in [0.15, 0.2) is 54.6 Å². The average molecular weight is 368 g/mol. The van der Waals surface area contributed by atoms with Gasteiger partial charge in [0.05, 0.1) is 5.92 Å². The molecule has 1 unspecified atom stereocenters. The Labute approximate surface area is 161 Å². The molecule has 0 spiro atoms. The highest BCUT2D eigenvalue weighted by Crippen LogP contribution is 2.23. The zero-order chi connectivity index (χ0) is 19.6. The second kappa shape index (κ2) is 10.5. The van der Waals surface area contributed by atoms with E-state index in [2.05, 4.69) is 18.7 Å². The van der Waals surface area contributed by atoms with Gasteiger partial charge in [-0.1, -0.05) is 44.2 Å². The minimum atomic E-state index is -0.412. The van der Waals surface area contributed by atoms with Crippen molar-refractivity contribution in [3.63, 3.8) is 0 Å². The first-order chi connectivity index (χ1) is 13.0. The first-order valence-electron chi connectivity index (χ1n) is 9.60. The normalized spacial score (nSPS) is 11.8. The van der Waals surface area contributed by atoms with Crippen molar-refractivity contribution in [3.8, 4) is 0 Å². The number of carbonyl (C=O) groups excluding carboxylic acids is 1. The van der Waals surface area contributed by atoms with Crippen molar-refractivity contribution in [1.82, 2.24) is 0 Å². The van der Waals surface area contributed by atoms with Crippen LogP contribution in [0.2, 0.25) is 0 Å². The van der Waals surface area contributed by atoms with E-state index < -0.39 is 5.92 Å². The monoisotopic (exact) mass is 368 g/mol. The van der Waals surface area contributed by atoms with Gasteiger partial charge in [-0.3, -0.25) is 14.9 Å². The molecule has 0 bridgehead atoms. The fourth-order valence-electron chi connectivity index (χ4n) is 3.30. The second-order valence-corrected chi connectivity index (χ2v) is 6.78. The van der Waals surface area contributed by atoms with Gasteiger partial charge in [-0.2, -0.15) is 0 Å². The van der Waals surface area contributed by atoms with E-state index in [9.17, 15) is 14.9 Å². The molecule has 0 radical (unpaired) electrons. The molecule has 2 aromatic rings. The van der Waals surface area contributed by atoms with Crippen LogP contribution in [0.3, 0.4) is 0 Å². The van der Waals surface area contributed by atoms with Crippen LogP contribution in [0.4, 0.5) is 5.69 Å². The first-order valence-corrected chi connectivity index (χ1v) is 9.60. The third-order valence-corrected chi connectivity index (χ3v) is 4.61. The Morgan fingerprint density at radius 3 is 2.11 bits per heavy atom. The summed E-state index contributed by atoms with van der Waals surface area (Å²) in [5, 5.41) is 11.0. The van der Waals surface area contributed by atoms with Crippen molar-refractivity contribution < 1.29 is 9.72 Å². The number of nitro groups is 1. The Balaban J connectivity index is 2.12. The molecule has 2 rings (SSSR count). The zero-order valence-electron chi connectivity index (χ0n) is 16.1. The van der Waals surface area contributed by atoms with E-state index in [4.69, 9.17) is 0 Å². The molecule has 5 nitrogen and oxygen atoms in total. The van der Waals surface area contributed by atoms with E-state index in [-0.39, 0.29) is 23.7 Å². The Kier molecular flexibility index (Phi) is 7.99. The van der Waals surface area contributed by atoms with Crippen LogP contribution >= 0.6 is 0 Å². The predicted octanol–water partition coefficient (Wildman–Crippen LogP) is 4.95. The van der Waals surface area contributed by atoms with E-state index in [0.29, 0.717) is 5.56 Å². The van der Waals surface area contributed by atoms with Crippen molar-refractivity contribution in [2.75, 3.05) is 24.5 Å². The number of rotatable bonds is 11. The number of carbonyl (C=O) groups is 1. The summed E-state index contributed by atoms with van der Waals surface area (Å²) in [4.78, 5) is 25.7. The Morgan fingerprint density at radius 2 is 1.59 bits per heavy atom. The standard InChI is InChI=1S/C22H28N2O3/c1-3-14-23(15-4-2)21-12-10-19(11-13-21)22(25)16-20(17-24(26)27)18-8-6-5-7-9-18/h5-13,20H,3-4,14-17H2,1-2H3. The lowest BCUT2D eigenvalue weighted by atomic mass is 9.91. The number of benzene rings is 2. The van der Waals surface area contributed by atoms with Crippen LogP contribution in [0.5, 0.6) is 0 Å². The molecule has 27 heavy (non-hydrogen) atoms. The molecule has 0 aliphatic heterocycles. The van der Waals surface area contributed by atoms with Crippen LogP contribution in [0.25, 0.3) is 0 Å². The molecule has 1 atom stereocenters. The van der Waals surface area contributed by atoms with E-state index >= 15 is 0 Å². The van der Waals surface area contributed by atoms with E-state index in [0.717, 1.165) is 37.2 Å². The highest BCUT2D eigenvalue weighted by Gasteiger charge is 2.22. The van der Waals surface area contributed by atoms with Crippen molar-refractivity contribution in [1.29, 1.82) is 0 Å². The van der Waals surface area contributed by atoms with Gasteiger partial charge >= 0.3 is 0 Å². The quantitative estimate of drug-likeness (QED) is 0.320. The summed E-state index contributed by atoms with van der Waals surface area (Å²) in [6.07, 6.45) is 2.28. The molecular formula is C22H28N2O3. The van der Waals surface area contributed by atoms with Crippen molar-refractivity contribution in [2.45, 2.75) is 39.0 Å². The Morgan fingerprint density at radius 1 is 1.00 bits per heavy atom. The number of hydrogen-bond acceptors (Lipinski definition) is 4. The second-order valence-electron chi connectivity index (χ2n) is 6.78. The van der Waals surface area contributed by atoms with Crippen LogP contribution in [-0.2, 0) is 0 Å². The number of anilines is 1. The SMILES string of the molecule is CCCN(CCC)c1ccc(C(=O)CC(C[N+](=O)[O-])c2ccccc2)cc1. The van der Waals surface area contributed by atoms with Gasteiger partial charge in [0.15, 0.2) is 5.78 Å². The van der Waals surface area contributed by atoms with Gasteiger partial charge in [-0.15, -0.1) is 0 Å². The van der Waals surface area contributed by atoms with Crippen LogP contribution in [0, 0.1) is 10.1 Å². The molecule has 0 saturated carbocycles. The van der Waals surface area contributed by atoms with Crippen LogP contribution in [-0.4, -0.2) is 30.3 Å². The molecule has 0 fully saturated rings. The van der Waals surface area contributed by atoms with E-state index in [1.54, 1.807) is 0 Å². The number of Topliss-reactive ketones (excluding diaryl/α,β-unsaturated/α-hetero) is 1. The number of hydrogen-bond donors (Lipinski definition) is 0. The average Bonchev–Trinajstić information content (AvgIpc) is 2.68. The fraction of sp³-hybridized carbons (Fsp3) is 0.409. The lowest BCUT2D eigenvalue weighted by Gasteiger charge is -2.24. The van der Waals surface area contributed by atoms with E-state index in [1.165, 1.54) is 0 Å². The van der Waals surface area contributed by atoms with Gasteiger partial charge in [0.2, 0.25) is 6.54 Å². The lowest BCUT2D eigenvalue weighted by molar-refractivity contribution is -0.483. The highest BCUT2D eigenvalue weighted by molar-refractivity contribution is 5.96. The smallest absolute Gasteiger partial charge is 0.211 e. The van der Waals surface area contributed by atoms with Crippen molar-refractivity contribution in [2.24, 2.45) is 0 Å². The number of nitrogens with zero attached hydrogens (tertiary/aromatic N) is 2. The molecule has 0 aliphatic carbocycles. The molecule has 5 heteroatoms. The van der Waals surface area contributed by atoms with Gasteiger partial charge in [0, 0.05) is 35.7 Å². The Bertz CT molecular complexity index is 723. The minimum Gasteiger partial charge on any atom is -0.372 e. The molecule has 0 aromatic heterocycles. The van der Waals surface area contributed by atoms with Crippen molar-refractivity contribution in [3.05, 3.63) is 75.8 Å². The van der Waals surface area contributed by atoms with Gasteiger partial charge in [0.1, 0.15) is 0 Å². The van der Waals surface area contributed by atoms with E-state index in [1.807, 2.05) is 54.6 Å². The molecule has 0 aliphatic rings. The molecule has 2 aromatic carbocycles. The number of ketones is 1. The zero-order valence-corrected chi connectivity index (χ0v) is 16.1. The molecule has 0 saturated heterocycles. The predicted molar refractivity (Wildman–Crippen MR) is 109 cm³/mol. The summed E-state index contributed by atoms with van der Waals surface area (Å²) in [6, 6.07) is 16.9. The maximum atomic E-state index is 12.7. The van der Waals surface area contributed by atoms with Gasteiger partial charge in [-0.05, 0) is 42.7 Å². The molecule has 144 valence electrons. The van der Waals surface area contributed by atoms with Gasteiger partial charge < -0.3 is 4.90 Å². The van der Waals surface area contributed by atoms with Gasteiger partial charge in [0.25, 0.3) is 0 Å². The summed E-state index contributed by atoms with van der Waals surface area (Å²) < 4.78 is 0. The molecular weight excluding hydrogens is 340 g/mol. The maximum absolute atomic E-state index is 12.7. The molecule has 0 heterocycles. The summed E-state index contributed by atoms with van der Waals surface area (Å²) in [6.45, 7) is 6.04. The summed E-state index contributed by atoms with van der Waals surface area (Å²) in [5.74, 6) is -0.472. The largest absolute Gasteiger partial charge is 0.372 e. The highest BCUT2D eigenvalue weighted by atomic mass is 16.6. The molecule has 0 amide bonds.